The molecule has 1 aromatic carbocycles. The normalized spacial score (nSPS) is 14.2. The first kappa shape index (κ1) is 22.9. The van der Waals surface area contributed by atoms with Crippen molar-refractivity contribution in [2.24, 2.45) is 0 Å². The molecule has 0 aromatic heterocycles. The standard InChI is InChI=1S/C13H18N2O10S2/c1-9(24-2)11(14-26(18,19)20)12(16)15(27(21,22)23)13(17)25-8-10-6-4-3-5-7-10/h3-7,9,11,14H,8H2,1-2H3,(H,18,19,20)(H,21,22,23)/t9-,11+/m1/s1. The molecular weight excluding hydrogens is 408 g/mol. The molecule has 0 fully saturated rings. The Bertz CT molecular complexity index is 870. The van der Waals surface area contributed by atoms with Gasteiger partial charge in [0.2, 0.25) is 0 Å². The van der Waals surface area contributed by atoms with Gasteiger partial charge in [0, 0.05) is 7.11 Å². The Kier molecular flexibility index (Phi) is 7.82. The van der Waals surface area contributed by atoms with Gasteiger partial charge in [0.25, 0.3) is 5.91 Å². The lowest BCUT2D eigenvalue weighted by Gasteiger charge is -2.25. The highest BCUT2D eigenvalue weighted by Gasteiger charge is 2.42. The van der Waals surface area contributed by atoms with E-state index in [9.17, 15) is 31.0 Å². The molecule has 1 rings (SSSR count). The van der Waals surface area contributed by atoms with E-state index in [1.807, 2.05) is 0 Å². The molecule has 0 aliphatic rings. The summed E-state index contributed by atoms with van der Waals surface area (Å²) in [5, 5.41) is 0. The minimum Gasteiger partial charge on any atom is -0.443 e. The number of amides is 2. The SMILES string of the molecule is CO[C@H](C)[C@H](NS(=O)(=O)O)C(=O)N(C(=O)OCc1ccccc1)S(=O)(=O)O. The first-order valence-corrected chi connectivity index (χ1v) is 10.0. The van der Waals surface area contributed by atoms with Gasteiger partial charge in [-0.05, 0) is 12.5 Å². The molecule has 2 amide bonds. The van der Waals surface area contributed by atoms with Crippen LogP contribution in [0.25, 0.3) is 0 Å². The van der Waals surface area contributed by atoms with Gasteiger partial charge < -0.3 is 9.47 Å². The van der Waals surface area contributed by atoms with Gasteiger partial charge >= 0.3 is 26.7 Å². The van der Waals surface area contributed by atoms with Crippen molar-refractivity contribution >= 4 is 32.6 Å². The van der Waals surface area contributed by atoms with E-state index in [0.29, 0.717) is 5.56 Å². The van der Waals surface area contributed by atoms with E-state index in [4.69, 9.17) is 9.29 Å². The van der Waals surface area contributed by atoms with Crippen LogP contribution in [0.3, 0.4) is 0 Å². The summed E-state index contributed by atoms with van der Waals surface area (Å²) in [6.45, 7) is 0.716. The van der Waals surface area contributed by atoms with Crippen LogP contribution in [0.1, 0.15) is 12.5 Å². The average Bonchev–Trinajstić information content (AvgIpc) is 2.56. The Morgan fingerprint density at radius 2 is 1.70 bits per heavy atom. The molecule has 0 saturated heterocycles. The minimum absolute atomic E-state index is 0.435. The van der Waals surface area contributed by atoms with E-state index >= 15 is 0 Å². The summed E-state index contributed by atoms with van der Waals surface area (Å²) in [5.41, 5.74) is 0.450. The minimum atomic E-state index is -5.47. The van der Waals surface area contributed by atoms with Crippen LogP contribution in [-0.2, 0) is 41.5 Å². The molecule has 14 heteroatoms. The molecule has 0 unspecified atom stereocenters. The van der Waals surface area contributed by atoms with Gasteiger partial charge in [0.05, 0.1) is 6.10 Å². The zero-order valence-electron chi connectivity index (χ0n) is 14.2. The molecular formula is C13H18N2O10S2. The summed E-state index contributed by atoms with van der Waals surface area (Å²) in [4.78, 5) is 24.4. The van der Waals surface area contributed by atoms with Gasteiger partial charge in [0.15, 0.2) is 0 Å². The number of nitrogens with one attached hydrogen (secondary N) is 1. The lowest BCUT2D eigenvalue weighted by Crippen LogP contribution is -2.56. The van der Waals surface area contributed by atoms with Gasteiger partial charge in [-0.15, -0.1) is 4.31 Å². The second kappa shape index (κ2) is 9.20. The largest absolute Gasteiger partial charge is 0.443 e. The predicted molar refractivity (Wildman–Crippen MR) is 90.0 cm³/mol. The van der Waals surface area contributed by atoms with Crippen molar-refractivity contribution in [3.05, 3.63) is 35.9 Å². The summed E-state index contributed by atoms with van der Waals surface area (Å²) in [6, 6.07) is 5.93. The average molecular weight is 426 g/mol. The maximum atomic E-state index is 12.4. The highest BCUT2D eigenvalue weighted by molar-refractivity contribution is 7.84. The number of ether oxygens (including phenoxy) is 2. The second-order valence-electron chi connectivity index (χ2n) is 5.13. The number of carbonyl (C=O) groups is 2. The van der Waals surface area contributed by atoms with Crippen molar-refractivity contribution in [2.45, 2.75) is 25.7 Å². The van der Waals surface area contributed by atoms with Crippen LogP contribution in [-0.4, -0.2) is 61.5 Å². The first-order valence-electron chi connectivity index (χ1n) is 7.16. The maximum absolute atomic E-state index is 12.4. The topological polar surface area (TPSA) is 177 Å². The lowest BCUT2D eigenvalue weighted by atomic mass is 10.2. The summed E-state index contributed by atoms with van der Waals surface area (Å²) in [5.74, 6) is -1.75. The molecule has 12 nitrogen and oxygen atoms in total. The first-order chi connectivity index (χ1) is 12.4. The van der Waals surface area contributed by atoms with Gasteiger partial charge in [-0.1, -0.05) is 30.3 Å². The molecule has 0 radical (unpaired) electrons. The van der Waals surface area contributed by atoms with Crippen LogP contribution in [0.5, 0.6) is 0 Å². The zero-order valence-corrected chi connectivity index (χ0v) is 15.8. The van der Waals surface area contributed by atoms with Crippen molar-refractivity contribution in [3.63, 3.8) is 0 Å². The van der Waals surface area contributed by atoms with Crippen LogP contribution >= 0.6 is 0 Å². The quantitative estimate of drug-likeness (QED) is 0.470. The Labute approximate surface area is 155 Å². The molecule has 27 heavy (non-hydrogen) atoms. The number of hydrogen-bond acceptors (Lipinski definition) is 8. The molecule has 1 aromatic rings. The lowest BCUT2D eigenvalue weighted by molar-refractivity contribution is -0.130. The van der Waals surface area contributed by atoms with Crippen molar-refractivity contribution in [1.82, 2.24) is 9.03 Å². The third kappa shape index (κ3) is 7.20. The fourth-order valence-electron chi connectivity index (χ4n) is 1.85. The van der Waals surface area contributed by atoms with Crippen LogP contribution in [0.15, 0.2) is 30.3 Å². The Morgan fingerprint density at radius 3 is 2.15 bits per heavy atom. The summed E-state index contributed by atoms with van der Waals surface area (Å²) in [6.07, 6.45) is -3.11. The Morgan fingerprint density at radius 1 is 1.15 bits per heavy atom. The predicted octanol–water partition coefficient (Wildman–Crippen LogP) is -0.249. The molecule has 2 atom stereocenters. The highest BCUT2D eigenvalue weighted by atomic mass is 32.2. The fraction of sp³-hybridized carbons (Fsp3) is 0.385. The molecule has 0 bridgehead atoms. The van der Waals surface area contributed by atoms with Crippen molar-refractivity contribution in [3.8, 4) is 0 Å². The Hall–Kier alpha value is -2.10. The summed E-state index contributed by atoms with van der Waals surface area (Å²) in [7, 11) is -9.40. The number of hydrogen-bond donors (Lipinski definition) is 3. The van der Waals surface area contributed by atoms with Crippen LogP contribution in [0.4, 0.5) is 4.79 Å². The number of carbonyl (C=O) groups excluding carboxylic acids is 2. The van der Waals surface area contributed by atoms with Gasteiger partial charge in [0.1, 0.15) is 12.6 Å². The Balaban J connectivity index is 3.12. The number of methoxy groups -OCH3 is 1. The van der Waals surface area contributed by atoms with Crippen LogP contribution < -0.4 is 4.72 Å². The molecule has 0 saturated carbocycles. The number of nitrogens with zero attached hydrogens (tertiary/aromatic N) is 1. The fourth-order valence-corrected chi connectivity index (χ4v) is 3.04. The number of benzene rings is 1. The summed E-state index contributed by atoms with van der Waals surface area (Å²) >= 11 is 0. The van der Waals surface area contributed by atoms with Crippen molar-refractivity contribution in [2.75, 3.05) is 7.11 Å². The van der Waals surface area contributed by atoms with Gasteiger partial charge in [-0.2, -0.15) is 21.6 Å². The molecule has 0 aliphatic heterocycles. The van der Waals surface area contributed by atoms with E-state index in [0.717, 1.165) is 14.0 Å². The van der Waals surface area contributed by atoms with E-state index in [1.54, 1.807) is 30.3 Å². The van der Waals surface area contributed by atoms with Crippen LogP contribution in [0, 0.1) is 0 Å². The summed E-state index contributed by atoms with van der Waals surface area (Å²) < 4.78 is 73.2. The third-order valence-corrected chi connectivity index (χ3v) is 4.53. The number of imide groups is 1. The van der Waals surface area contributed by atoms with E-state index < -0.39 is 55.7 Å². The molecule has 0 heterocycles. The monoisotopic (exact) mass is 426 g/mol. The smallest absolute Gasteiger partial charge is 0.432 e. The van der Waals surface area contributed by atoms with E-state index in [1.165, 1.54) is 4.72 Å². The van der Waals surface area contributed by atoms with Gasteiger partial charge in [-0.3, -0.25) is 13.9 Å². The van der Waals surface area contributed by atoms with E-state index in [-0.39, 0.29) is 0 Å². The molecule has 0 spiro atoms. The van der Waals surface area contributed by atoms with Crippen molar-refractivity contribution < 1.29 is 45.0 Å². The van der Waals surface area contributed by atoms with Crippen molar-refractivity contribution in [1.29, 1.82) is 0 Å². The molecule has 152 valence electrons. The third-order valence-electron chi connectivity index (χ3n) is 3.18. The van der Waals surface area contributed by atoms with Crippen LogP contribution in [0.2, 0.25) is 0 Å². The molecule has 0 aliphatic carbocycles. The van der Waals surface area contributed by atoms with E-state index in [2.05, 4.69) is 4.74 Å². The van der Waals surface area contributed by atoms with Gasteiger partial charge in [-0.25, -0.2) is 4.79 Å². The highest BCUT2D eigenvalue weighted by Crippen LogP contribution is 2.12. The second-order valence-corrected chi connectivity index (χ2v) is 7.58. The number of rotatable bonds is 8. The maximum Gasteiger partial charge on any atom is 0.432 e. The molecule has 3 N–H and O–H groups in total. The zero-order chi connectivity index (χ0) is 20.8.